The van der Waals surface area contributed by atoms with Gasteiger partial charge in [-0.05, 0) is 48.2 Å². The minimum Gasteiger partial charge on any atom is -0.351 e. The number of hydrogen-bond acceptors (Lipinski definition) is 3. The molecule has 6 heteroatoms. The van der Waals surface area contributed by atoms with E-state index < -0.39 is 0 Å². The van der Waals surface area contributed by atoms with Gasteiger partial charge in [0.2, 0.25) is 5.91 Å². The highest BCUT2D eigenvalue weighted by Gasteiger charge is 2.23. The Kier molecular flexibility index (Phi) is 6.74. The Balaban J connectivity index is 1.41. The Hall–Kier alpha value is -1.79. The molecule has 0 aliphatic heterocycles. The fourth-order valence-electron chi connectivity index (χ4n) is 2.46. The largest absolute Gasteiger partial charge is 0.351 e. The number of halogens is 1. The highest BCUT2D eigenvalue weighted by Crippen LogP contribution is 2.19. The van der Waals surface area contributed by atoms with E-state index in [1.54, 1.807) is 17.8 Å². The molecule has 1 saturated carbocycles. The zero-order valence-corrected chi connectivity index (χ0v) is 16.7. The lowest BCUT2D eigenvalue weighted by atomic mass is 10.1. The smallest absolute Gasteiger partial charge is 0.251 e. The van der Waals surface area contributed by atoms with Gasteiger partial charge in [-0.25, -0.2) is 0 Å². The average Bonchev–Trinajstić information content (AvgIpc) is 3.44. The van der Waals surface area contributed by atoms with E-state index in [2.05, 4.69) is 32.6 Å². The van der Waals surface area contributed by atoms with Crippen LogP contribution in [0.3, 0.4) is 0 Å². The third kappa shape index (κ3) is 6.18. The van der Waals surface area contributed by atoms with Gasteiger partial charge in [-0.3, -0.25) is 9.59 Å². The van der Waals surface area contributed by atoms with Crippen LogP contribution in [-0.4, -0.2) is 23.6 Å². The minimum absolute atomic E-state index is 0.00201. The molecule has 0 bridgehead atoms. The van der Waals surface area contributed by atoms with Gasteiger partial charge in [0.1, 0.15) is 0 Å². The second kappa shape index (κ2) is 9.24. The van der Waals surface area contributed by atoms with Gasteiger partial charge >= 0.3 is 0 Å². The number of amides is 2. The average molecular weight is 433 g/mol. The Morgan fingerprint density at radius 2 is 1.85 bits per heavy atom. The number of thioether (sulfide) groups is 1. The summed E-state index contributed by atoms with van der Waals surface area (Å²) in [7, 11) is 0. The van der Waals surface area contributed by atoms with E-state index in [1.807, 2.05) is 36.4 Å². The first-order valence-corrected chi connectivity index (χ1v) is 10.5. The van der Waals surface area contributed by atoms with Gasteiger partial charge in [-0.1, -0.05) is 40.2 Å². The molecule has 1 aliphatic rings. The van der Waals surface area contributed by atoms with Gasteiger partial charge in [0.15, 0.2) is 0 Å². The molecule has 2 aromatic rings. The first-order chi connectivity index (χ1) is 12.6. The summed E-state index contributed by atoms with van der Waals surface area (Å²) in [5.41, 5.74) is 2.76. The van der Waals surface area contributed by atoms with E-state index >= 15 is 0 Å². The molecule has 1 aliphatic carbocycles. The lowest BCUT2D eigenvalue weighted by Gasteiger charge is -2.08. The van der Waals surface area contributed by atoms with Crippen LogP contribution in [0.5, 0.6) is 0 Å². The van der Waals surface area contributed by atoms with Crippen LogP contribution >= 0.6 is 27.7 Å². The van der Waals surface area contributed by atoms with E-state index in [0.29, 0.717) is 23.9 Å². The maximum Gasteiger partial charge on any atom is 0.251 e. The first-order valence-electron chi connectivity index (χ1n) is 8.59. The summed E-state index contributed by atoms with van der Waals surface area (Å²) in [4.78, 5) is 24.1. The van der Waals surface area contributed by atoms with Crippen molar-refractivity contribution in [1.82, 2.24) is 10.6 Å². The van der Waals surface area contributed by atoms with Crippen LogP contribution in [0.1, 0.15) is 34.3 Å². The topological polar surface area (TPSA) is 58.2 Å². The van der Waals surface area contributed by atoms with Crippen LogP contribution in [0.25, 0.3) is 0 Å². The Labute approximate surface area is 166 Å². The molecule has 136 valence electrons. The molecule has 4 nitrogen and oxygen atoms in total. The molecule has 1 fully saturated rings. The van der Waals surface area contributed by atoms with Crippen LogP contribution in [0.15, 0.2) is 53.0 Å². The van der Waals surface area contributed by atoms with Crippen molar-refractivity contribution >= 4 is 39.5 Å². The maximum atomic E-state index is 12.1. The molecular weight excluding hydrogens is 412 g/mol. The number of rotatable bonds is 8. The molecule has 0 atom stereocenters. The number of nitrogens with one attached hydrogen (secondary N) is 2. The molecule has 26 heavy (non-hydrogen) atoms. The predicted octanol–water partition coefficient (Wildman–Crippen LogP) is 3.89. The summed E-state index contributed by atoms with van der Waals surface area (Å²) in [5.74, 6) is 1.17. The van der Waals surface area contributed by atoms with Gasteiger partial charge in [-0.15, -0.1) is 11.8 Å². The molecule has 0 unspecified atom stereocenters. The quantitative estimate of drug-likeness (QED) is 0.664. The van der Waals surface area contributed by atoms with Crippen molar-refractivity contribution in [2.45, 2.75) is 31.2 Å². The number of benzene rings is 2. The van der Waals surface area contributed by atoms with E-state index in [9.17, 15) is 9.59 Å². The van der Waals surface area contributed by atoms with Crippen LogP contribution in [0.4, 0.5) is 0 Å². The lowest BCUT2D eigenvalue weighted by molar-refractivity contribution is -0.118. The Morgan fingerprint density at radius 1 is 1.08 bits per heavy atom. The SMILES string of the molecule is O=C(CSCc1cccc(Br)c1)NCc1cccc(C(=O)NC2CC2)c1. The maximum absolute atomic E-state index is 12.1. The summed E-state index contributed by atoms with van der Waals surface area (Å²) in [6.45, 7) is 0.431. The van der Waals surface area contributed by atoms with E-state index in [-0.39, 0.29) is 11.8 Å². The molecule has 0 heterocycles. The van der Waals surface area contributed by atoms with Gasteiger partial charge in [0.05, 0.1) is 5.75 Å². The zero-order chi connectivity index (χ0) is 18.4. The van der Waals surface area contributed by atoms with E-state index in [1.165, 1.54) is 5.56 Å². The molecule has 0 saturated heterocycles. The monoisotopic (exact) mass is 432 g/mol. The van der Waals surface area contributed by atoms with Crippen molar-refractivity contribution in [3.63, 3.8) is 0 Å². The molecule has 0 spiro atoms. The Bertz CT molecular complexity index is 793. The third-order valence-corrected chi connectivity index (χ3v) is 5.48. The van der Waals surface area contributed by atoms with Crippen molar-refractivity contribution < 1.29 is 9.59 Å². The number of carbonyl (C=O) groups excluding carboxylic acids is 2. The van der Waals surface area contributed by atoms with E-state index in [4.69, 9.17) is 0 Å². The summed E-state index contributed by atoms with van der Waals surface area (Å²) in [6, 6.07) is 15.8. The summed E-state index contributed by atoms with van der Waals surface area (Å²) >= 11 is 5.03. The van der Waals surface area contributed by atoms with Crippen LogP contribution in [0, 0.1) is 0 Å². The fourth-order valence-corrected chi connectivity index (χ4v) is 3.71. The Morgan fingerprint density at radius 3 is 2.62 bits per heavy atom. The molecule has 0 aromatic heterocycles. The van der Waals surface area contributed by atoms with Crippen LogP contribution in [0.2, 0.25) is 0 Å². The second-order valence-corrected chi connectivity index (χ2v) is 8.25. The third-order valence-electron chi connectivity index (χ3n) is 3.98. The van der Waals surface area contributed by atoms with Gasteiger partial charge < -0.3 is 10.6 Å². The van der Waals surface area contributed by atoms with Gasteiger partial charge in [0, 0.05) is 28.4 Å². The van der Waals surface area contributed by atoms with Crippen LogP contribution in [-0.2, 0) is 17.1 Å². The predicted molar refractivity (Wildman–Crippen MR) is 109 cm³/mol. The summed E-state index contributed by atoms with van der Waals surface area (Å²) in [5, 5.41) is 5.89. The van der Waals surface area contributed by atoms with Crippen molar-refractivity contribution in [1.29, 1.82) is 0 Å². The minimum atomic E-state index is -0.0368. The van der Waals surface area contributed by atoms with Gasteiger partial charge in [-0.2, -0.15) is 0 Å². The van der Waals surface area contributed by atoms with Gasteiger partial charge in [0.25, 0.3) is 5.91 Å². The van der Waals surface area contributed by atoms with Crippen molar-refractivity contribution in [2.75, 3.05) is 5.75 Å². The molecule has 3 rings (SSSR count). The van der Waals surface area contributed by atoms with Crippen molar-refractivity contribution in [3.05, 3.63) is 69.7 Å². The van der Waals surface area contributed by atoms with Crippen LogP contribution < -0.4 is 10.6 Å². The highest BCUT2D eigenvalue weighted by atomic mass is 79.9. The normalized spacial score (nSPS) is 13.3. The van der Waals surface area contributed by atoms with Crippen molar-refractivity contribution in [2.24, 2.45) is 0 Å². The van der Waals surface area contributed by atoms with Crippen molar-refractivity contribution in [3.8, 4) is 0 Å². The standard InChI is InChI=1S/C20H21BrN2O2S/c21-17-6-2-4-15(10-17)12-26-13-19(24)22-11-14-3-1-5-16(9-14)20(25)23-18-7-8-18/h1-6,9-10,18H,7-8,11-13H2,(H,22,24)(H,23,25). The molecular formula is C20H21BrN2O2S. The summed E-state index contributed by atoms with van der Waals surface area (Å²) < 4.78 is 1.05. The zero-order valence-electron chi connectivity index (χ0n) is 14.3. The lowest BCUT2D eigenvalue weighted by Crippen LogP contribution is -2.26. The highest BCUT2D eigenvalue weighted by molar-refractivity contribution is 9.10. The number of carbonyl (C=O) groups is 2. The van der Waals surface area contributed by atoms with E-state index in [0.717, 1.165) is 28.6 Å². The molecule has 2 amide bonds. The summed E-state index contributed by atoms with van der Waals surface area (Å²) in [6.07, 6.45) is 2.14. The molecule has 2 aromatic carbocycles. The molecule has 0 radical (unpaired) electrons. The second-order valence-electron chi connectivity index (χ2n) is 6.35. The fraction of sp³-hybridized carbons (Fsp3) is 0.300. The number of hydrogen-bond donors (Lipinski definition) is 2. The molecule has 2 N–H and O–H groups in total. The first kappa shape index (κ1) is 19.0.